The third-order valence-electron chi connectivity index (χ3n) is 1.80. The van der Waals surface area contributed by atoms with Crippen molar-refractivity contribution in [1.29, 1.82) is 0 Å². The summed E-state index contributed by atoms with van der Waals surface area (Å²) >= 11 is 11.9. The summed E-state index contributed by atoms with van der Waals surface area (Å²) in [5.41, 5.74) is 0.611. The summed E-state index contributed by atoms with van der Waals surface area (Å²) < 4.78 is 5.25. The zero-order valence-corrected chi connectivity index (χ0v) is 9.56. The molecule has 1 atom stereocenters. The van der Waals surface area contributed by atoms with Gasteiger partial charge in [0, 0.05) is 11.6 Å². The second-order valence-corrected chi connectivity index (χ2v) is 3.73. The van der Waals surface area contributed by atoms with Crippen LogP contribution in [-0.4, -0.2) is 11.7 Å². The van der Waals surface area contributed by atoms with E-state index in [0.717, 1.165) is 0 Å². The van der Waals surface area contributed by atoms with Crippen LogP contribution < -0.4 is 4.74 Å². The van der Waals surface area contributed by atoms with Crippen molar-refractivity contribution in [3.8, 4) is 5.75 Å². The van der Waals surface area contributed by atoms with Crippen LogP contribution in [0.25, 0.3) is 0 Å². The van der Waals surface area contributed by atoms with Gasteiger partial charge in [0.05, 0.1) is 22.8 Å². The molecule has 4 heteroatoms. The molecule has 2 nitrogen and oxygen atoms in total. The Balaban J connectivity index is 3.10. The molecule has 0 aliphatic carbocycles. The molecule has 1 N–H and O–H groups in total. The number of benzene rings is 1. The first-order valence-corrected chi connectivity index (χ1v) is 5.11. The molecule has 0 heterocycles. The summed E-state index contributed by atoms with van der Waals surface area (Å²) in [7, 11) is 0. The van der Waals surface area contributed by atoms with E-state index in [2.05, 4.69) is 0 Å². The standard InChI is InChI=1S/C10H12Cl2O2/c1-3-14-10-5-8(11)7(6(2)13)4-9(10)12/h4-6,13H,3H2,1-2H3. The number of aliphatic hydroxyl groups is 1. The molecule has 0 spiro atoms. The molecule has 0 radical (unpaired) electrons. The zero-order chi connectivity index (χ0) is 10.7. The minimum Gasteiger partial charge on any atom is -0.492 e. The van der Waals surface area contributed by atoms with E-state index >= 15 is 0 Å². The Morgan fingerprint density at radius 2 is 2.00 bits per heavy atom. The van der Waals surface area contributed by atoms with E-state index in [1.54, 1.807) is 19.1 Å². The van der Waals surface area contributed by atoms with E-state index in [-0.39, 0.29) is 0 Å². The largest absolute Gasteiger partial charge is 0.492 e. The fourth-order valence-electron chi connectivity index (χ4n) is 1.13. The second kappa shape index (κ2) is 4.87. The van der Waals surface area contributed by atoms with Crippen molar-refractivity contribution in [2.24, 2.45) is 0 Å². The highest BCUT2D eigenvalue weighted by Gasteiger charge is 2.11. The first-order chi connectivity index (χ1) is 6.56. The highest BCUT2D eigenvalue weighted by Crippen LogP contribution is 2.33. The molecule has 1 aromatic carbocycles. The van der Waals surface area contributed by atoms with E-state index in [1.165, 1.54) is 0 Å². The van der Waals surface area contributed by atoms with Gasteiger partial charge in [-0.15, -0.1) is 0 Å². The van der Waals surface area contributed by atoms with Crippen molar-refractivity contribution in [2.45, 2.75) is 20.0 Å². The van der Waals surface area contributed by atoms with Crippen LogP contribution in [0.1, 0.15) is 25.5 Å². The molecule has 0 saturated carbocycles. The topological polar surface area (TPSA) is 29.5 Å². The summed E-state index contributed by atoms with van der Waals surface area (Å²) in [4.78, 5) is 0. The van der Waals surface area contributed by atoms with Crippen LogP contribution in [0.2, 0.25) is 10.0 Å². The molecule has 1 unspecified atom stereocenters. The Morgan fingerprint density at radius 3 is 2.50 bits per heavy atom. The molecule has 0 aromatic heterocycles. The van der Waals surface area contributed by atoms with Gasteiger partial charge in [-0.3, -0.25) is 0 Å². The van der Waals surface area contributed by atoms with E-state index < -0.39 is 6.10 Å². The summed E-state index contributed by atoms with van der Waals surface area (Å²) in [6.45, 7) is 4.04. The van der Waals surface area contributed by atoms with Gasteiger partial charge in [-0.1, -0.05) is 23.2 Å². The lowest BCUT2D eigenvalue weighted by Crippen LogP contribution is -1.96. The van der Waals surface area contributed by atoms with Gasteiger partial charge in [-0.05, 0) is 19.9 Å². The first kappa shape index (κ1) is 11.6. The summed E-state index contributed by atoms with van der Waals surface area (Å²) in [5, 5.41) is 10.3. The smallest absolute Gasteiger partial charge is 0.139 e. The number of ether oxygens (including phenoxy) is 1. The molecule has 0 fully saturated rings. The van der Waals surface area contributed by atoms with Crippen LogP contribution in [-0.2, 0) is 0 Å². The van der Waals surface area contributed by atoms with Crippen molar-refractivity contribution in [2.75, 3.05) is 6.61 Å². The SMILES string of the molecule is CCOc1cc(Cl)c(C(C)O)cc1Cl. The zero-order valence-electron chi connectivity index (χ0n) is 8.05. The molecule has 0 saturated heterocycles. The molecule has 1 aromatic rings. The van der Waals surface area contributed by atoms with E-state index in [4.69, 9.17) is 27.9 Å². The molecule has 0 amide bonds. The number of hydrogen-bond acceptors (Lipinski definition) is 2. The van der Waals surface area contributed by atoms with Crippen molar-refractivity contribution in [3.05, 3.63) is 27.7 Å². The van der Waals surface area contributed by atoms with Crippen molar-refractivity contribution >= 4 is 23.2 Å². The van der Waals surface area contributed by atoms with Gasteiger partial charge in [-0.2, -0.15) is 0 Å². The maximum absolute atomic E-state index is 9.37. The van der Waals surface area contributed by atoms with Crippen molar-refractivity contribution in [3.63, 3.8) is 0 Å². The van der Waals surface area contributed by atoms with Gasteiger partial charge in [-0.25, -0.2) is 0 Å². The number of aliphatic hydroxyl groups excluding tert-OH is 1. The first-order valence-electron chi connectivity index (χ1n) is 4.36. The lowest BCUT2D eigenvalue weighted by molar-refractivity contribution is 0.199. The maximum atomic E-state index is 9.37. The quantitative estimate of drug-likeness (QED) is 0.869. The second-order valence-electron chi connectivity index (χ2n) is 2.91. The van der Waals surface area contributed by atoms with Crippen LogP contribution >= 0.6 is 23.2 Å². The van der Waals surface area contributed by atoms with Crippen LogP contribution in [0.5, 0.6) is 5.75 Å². The average Bonchev–Trinajstić information content (AvgIpc) is 2.10. The van der Waals surface area contributed by atoms with Crippen molar-refractivity contribution < 1.29 is 9.84 Å². The Labute approximate surface area is 93.4 Å². The third-order valence-corrected chi connectivity index (χ3v) is 2.42. The van der Waals surface area contributed by atoms with E-state index in [9.17, 15) is 5.11 Å². The molecule has 1 rings (SSSR count). The van der Waals surface area contributed by atoms with Gasteiger partial charge in [0.15, 0.2) is 0 Å². The van der Waals surface area contributed by atoms with Gasteiger partial charge in [0.1, 0.15) is 5.75 Å². The molecular formula is C10H12Cl2O2. The predicted molar refractivity (Wildman–Crippen MR) is 58.3 cm³/mol. The lowest BCUT2D eigenvalue weighted by atomic mass is 10.1. The van der Waals surface area contributed by atoms with Crippen LogP contribution in [0.15, 0.2) is 12.1 Å². The van der Waals surface area contributed by atoms with Crippen LogP contribution in [0.4, 0.5) is 0 Å². The minimum atomic E-state index is -0.629. The molecule has 14 heavy (non-hydrogen) atoms. The molecular weight excluding hydrogens is 223 g/mol. The summed E-state index contributed by atoms with van der Waals surface area (Å²) in [6, 6.07) is 3.25. The predicted octanol–water partition coefficient (Wildman–Crippen LogP) is 3.45. The molecule has 0 bridgehead atoms. The maximum Gasteiger partial charge on any atom is 0.139 e. The summed E-state index contributed by atoms with van der Waals surface area (Å²) in [6.07, 6.45) is -0.629. The van der Waals surface area contributed by atoms with Crippen LogP contribution in [0.3, 0.4) is 0 Å². The number of halogens is 2. The highest BCUT2D eigenvalue weighted by molar-refractivity contribution is 6.34. The number of hydrogen-bond donors (Lipinski definition) is 1. The van der Waals surface area contributed by atoms with Gasteiger partial charge < -0.3 is 9.84 Å². The fourth-order valence-corrected chi connectivity index (χ4v) is 1.67. The number of rotatable bonds is 3. The van der Waals surface area contributed by atoms with Gasteiger partial charge in [0.2, 0.25) is 0 Å². The van der Waals surface area contributed by atoms with E-state index in [0.29, 0.717) is 28.0 Å². The monoisotopic (exact) mass is 234 g/mol. The molecule has 0 aliphatic rings. The Morgan fingerprint density at radius 1 is 1.36 bits per heavy atom. The van der Waals surface area contributed by atoms with E-state index in [1.807, 2.05) is 6.92 Å². The highest BCUT2D eigenvalue weighted by atomic mass is 35.5. The Bertz CT molecular complexity index is 324. The van der Waals surface area contributed by atoms with Crippen molar-refractivity contribution in [1.82, 2.24) is 0 Å². The lowest BCUT2D eigenvalue weighted by Gasteiger charge is -2.11. The third kappa shape index (κ3) is 2.53. The normalized spacial score (nSPS) is 12.6. The van der Waals surface area contributed by atoms with Crippen LogP contribution in [0, 0.1) is 0 Å². The van der Waals surface area contributed by atoms with Gasteiger partial charge >= 0.3 is 0 Å². The Kier molecular flexibility index (Phi) is 4.05. The Hall–Kier alpha value is -0.440. The summed E-state index contributed by atoms with van der Waals surface area (Å²) in [5.74, 6) is 0.545. The molecule has 0 aliphatic heterocycles. The minimum absolute atomic E-state index is 0.465. The average molecular weight is 235 g/mol. The molecule has 78 valence electrons. The van der Waals surface area contributed by atoms with Gasteiger partial charge in [0.25, 0.3) is 0 Å². The fraction of sp³-hybridized carbons (Fsp3) is 0.400.